The van der Waals surface area contributed by atoms with Crippen LogP contribution in [0.3, 0.4) is 0 Å². The third-order valence-corrected chi connectivity index (χ3v) is 9.54. The van der Waals surface area contributed by atoms with Crippen molar-refractivity contribution in [1.82, 2.24) is 19.9 Å². The first-order valence-corrected chi connectivity index (χ1v) is 14.8. The van der Waals surface area contributed by atoms with E-state index in [1.54, 1.807) is 11.8 Å². The molecule has 0 spiro atoms. The predicted octanol–water partition coefficient (Wildman–Crippen LogP) is 5.15. The first-order valence-electron chi connectivity index (χ1n) is 14.5. The van der Waals surface area contributed by atoms with Crippen LogP contribution in [0.4, 0.5) is 33.5 Å². The lowest BCUT2D eigenvalue weighted by Crippen LogP contribution is -2.53. The summed E-state index contributed by atoms with van der Waals surface area (Å²) in [6.45, 7) is 2.93. The molecule has 1 aromatic carbocycles. The fourth-order valence-corrected chi connectivity index (χ4v) is 7.55. The van der Waals surface area contributed by atoms with E-state index in [4.69, 9.17) is 26.8 Å². The Balaban J connectivity index is 1.42. The van der Waals surface area contributed by atoms with E-state index < -0.39 is 51.1 Å². The van der Waals surface area contributed by atoms with Crippen LogP contribution in [-0.2, 0) is 6.18 Å². The zero-order valence-electron chi connectivity index (χ0n) is 23.7. The molecular formula is C29H30ClF5N6O3. The number of halogens is 6. The van der Waals surface area contributed by atoms with Gasteiger partial charge >= 0.3 is 12.2 Å². The minimum Gasteiger partial charge on any atom is -0.475 e. The van der Waals surface area contributed by atoms with Gasteiger partial charge in [0.05, 0.1) is 27.8 Å². The molecule has 1 unspecified atom stereocenters. The number of piperidine rings is 1. The Morgan fingerprint density at radius 3 is 2.80 bits per heavy atom. The first kappa shape index (κ1) is 29.5. The predicted molar refractivity (Wildman–Crippen MR) is 152 cm³/mol. The molecule has 4 aliphatic heterocycles. The molecule has 0 radical (unpaired) electrons. The van der Waals surface area contributed by atoms with Crippen LogP contribution in [0.15, 0.2) is 12.1 Å². The van der Waals surface area contributed by atoms with Crippen molar-refractivity contribution in [3.63, 3.8) is 0 Å². The Bertz CT molecular complexity index is 1660. The quantitative estimate of drug-likeness (QED) is 0.296. The lowest BCUT2D eigenvalue weighted by Gasteiger charge is -2.42. The second-order valence-corrected chi connectivity index (χ2v) is 13.0. The summed E-state index contributed by atoms with van der Waals surface area (Å²) >= 11 is 5.98. The molecule has 0 aliphatic carbocycles. The van der Waals surface area contributed by atoms with E-state index in [2.05, 4.69) is 15.0 Å². The summed E-state index contributed by atoms with van der Waals surface area (Å²) in [5.41, 5.74) is 1.01. The molecule has 6 heterocycles. The van der Waals surface area contributed by atoms with Gasteiger partial charge in [0, 0.05) is 30.8 Å². The molecule has 9 nitrogen and oxygen atoms in total. The summed E-state index contributed by atoms with van der Waals surface area (Å²) in [4.78, 5) is 17.0. The second-order valence-electron chi connectivity index (χ2n) is 12.5. The van der Waals surface area contributed by atoms with Crippen molar-refractivity contribution in [2.75, 3.05) is 43.5 Å². The molecule has 2 aromatic heterocycles. The van der Waals surface area contributed by atoms with Crippen LogP contribution in [0.25, 0.3) is 22.2 Å². The third-order valence-electron chi connectivity index (χ3n) is 9.25. The molecular weight excluding hydrogens is 611 g/mol. The minimum absolute atomic E-state index is 0.0349. The summed E-state index contributed by atoms with van der Waals surface area (Å²) < 4.78 is 85.6. The van der Waals surface area contributed by atoms with Gasteiger partial charge in [-0.1, -0.05) is 11.6 Å². The maximum Gasteiger partial charge on any atom is 0.418 e. The van der Waals surface area contributed by atoms with Gasteiger partial charge in [0.15, 0.2) is 5.82 Å². The van der Waals surface area contributed by atoms with Crippen LogP contribution >= 0.6 is 11.6 Å². The number of aromatic nitrogens is 3. The van der Waals surface area contributed by atoms with E-state index in [1.807, 2.05) is 4.90 Å². The van der Waals surface area contributed by atoms with Crippen molar-refractivity contribution in [1.29, 1.82) is 0 Å². The largest absolute Gasteiger partial charge is 0.475 e. The zero-order chi connectivity index (χ0) is 31.2. The summed E-state index contributed by atoms with van der Waals surface area (Å²) in [5.74, 6) is -1.17. The number of anilines is 2. The summed E-state index contributed by atoms with van der Waals surface area (Å²) in [7, 11) is 0. The van der Waals surface area contributed by atoms with Crippen LogP contribution in [0, 0.1) is 5.82 Å². The molecule has 3 aromatic rings. The molecule has 44 heavy (non-hydrogen) atoms. The summed E-state index contributed by atoms with van der Waals surface area (Å²) in [5, 5.41) is 10.3. The third kappa shape index (κ3) is 4.85. The smallest absolute Gasteiger partial charge is 0.418 e. The van der Waals surface area contributed by atoms with Crippen molar-refractivity contribution in [3.8, 4) is 23.1 Å². The van der Waals surface area contributed by atoms with Crippen molar-refractivity contribution in [2.24, 2.45) is 0 Å². The molecule has 0 saturated carbocycles. The number of hydrogen-bond acceptors (Lipinski definition) is 9. The molecule has 3 N–H and O–H groups in total. The SMILES string of the molecule is CC1(O)CC[C@H]2COc3nc(-c4cc(N)cc(Cl)c4C(F)(F)F)c(F)c4nc(OC[C@@]56CCCN5C[C@H](F)C6)nc(c34)N2C1. The van der Waals surface area contributed by atoms with E-state index in [-0.39, 0.29) is 66.5 Å². The van der Waals surface area contributed by atoms with Gasteiger partial charge in [-0.05, 0) is 51.3 Å². The lowest BCUT2D eigenvalue weighted by molar-refractivity contribution is -0.137. The van der Waals surface area contributed by atoms with Gasteiger partial charge in [-0.2, -0.15) is 23.1 Å². The molecule has 3 fully saturated rings. The highest BCUT2D eigenvalue weighted by Crippen LogP contribution is 2.47. The van der Waals surface area contributed by atoms with E-state index in [9.17, 15) is 22.7 Å². The van der Waals surface area contributed by atoms with Crippen molar-refractivity contribution >= 4 is 34.0 Å². The number of fused-ring (bicyclic) bond motifs is 3. The van der Waals surface area contributed by atoms with Gasteiger partial charge in [0.2, 0.25) is 5.88 Å². The van der Waals surface area contributed by atoms with E-state index >= 15 is 4.39 Å². The summed E-state index contributed by atoms with van der Waals surface area (Å²) in [6, 6.07) is 1.35. The average Bonchev–Trinajstić information content (AvgIpc) is 3.40. The molecule has 4 aliphatic rings. The zero-order valence-corrected chi connectivity index (χ0v) is 24.5. The van der Waals surface area contributed by atoms with E-state index in [0.29, 0.717) is 25.8 Å². The number of nitrogens with zero attached hydrogens (tertiary/aromatic N) is 5. The number of rotatable bonds is 4. The normalized spacial score (nSPS) is 28.5. The summed E-state index contributed by atoms with van der Waals surface area (Å²) in [6.07, 6.45) is -3.15. The van der Waals surface area contributed by atoms with Gasteiger partial charge in [0.25, 0.3) is 0 Å². The Labute approximate surface area is 254 Å². The minimum atomic E-state index is -4.96. The highest BCUT2D eigenvalue weighted by atomic mass is 35.5. The molecule has 0 amide bonds. The molecule has 3 saturated heterocycles. The van der Waals surface area contributed by atoms with Gasteiger partial charge < -0.3 is 25.2 Å². The van der Waals surface area contributed by atoms with Crippen LogP contribution in [0.1, 0.15) is 44.6 Å². The van der Waals surface area contributed by atoms with Crippen molar-refractivity contribution in [2.45, 2.75) is 68.6 Å². The number of ether oxygens (including phenoxy) is 2. The van der Waals surface area contributed by atoms with Gasteiger partial charge in [-0.25, -0.2) is 13.8 Å². The highest BCUT2D eigenvalue weighted by Gasteiger charge is 2.50. The number of nitrogen functional groups attached to an aromatic ring is 1. The van der Waals surface area contributed by atoms with Crippen LogP contribution in [0.5, 0.6) is 11.9 Å². The van der Waals surface area contributed by atoms with Gasteiger partial charge in [-0.15, -0.1) is 0 Å². The molecule has 7 rings (SSSR count). The topological polar surface area (TPSA) is 110 Å². The monoisotopic (exact) mass is 640 g/mol. The Kier molecular flexibility index (Phi) is 6.80. The Morgan fingerprint density at radius 1 is 1.23 bits per heavy atom. The average molecular weight is 641 g/mol. The number of hydrogen-bond donors (Lipinski definition) is 2. The number of alkyl halides is 4. The maximum absolute atomic E-state index is 16.6. The molecule has 15 heteroatoms. The van der Waals surface area contributed by atoms with E-state index in [0.717, 1.165) is 25.1 Å². The van der Waals surface area contributed by atoms with Crippen molar-refractivity contribution < 1.29 is 36.5 Å². The van der Waals surface area contributed by atoms with Crippen LogP contribution in [0.2, 0.25) is 5.02 Å². The van der Waals surface area contributed by atoms with Crippen LogP contribution in [-0.4, -0.2) is 81.2 Å². The standard InChI is InChI=1S/C29H30ClF5N6O3/c1-27(42)5-3-16-11-43-25-19-23(21(32)22(37-25)17-7-15(36)8-18(30)20(17)29(33,34)35)38-26(39-24(19)41(16)12-27)44-13-28-4-2-6-40(28)10-14(31)9-28/h7-8,14,16,42H,2-6,9-13,36H2,1H3/t14-,16+,27?,28+/m1/s1. The number of pyridine rings is 1. The first-order chi connectivity index (χ1) is 20.7. The number of benzene rings is 1. The number of nitrogens with two attached hydrogens (primary N) is 1. The highest BCUT2D eigenvalue weighted by molar-refractivity contribution is 6.32. The molecule has 0 bridgehead atoms. The second kappa shape index (κ2) is 10.1. The fraction of sp³-hybridized carbons (Fsp3) is 0.552. The van der Waals surface area contributed by atoms with Gasteiger partial charge in [0.1, 0.15) is 41.8 Å². The van der Waals surface area contributed by atoms with E-state index in [1.165, 1.54) is 0 Å². The molecule has 236 valence electrons. The molecule has 4 atom stereocenters. The Hall–Kier alpha value is -3.23. The lowest BCUT2D eigenvalue weighted by atomic mass is 9.90. The fourth-order valence-electron chi connectivity index (χ4n) is 7.21. The van der Waals surface area contributed by atoms with Crippen LogP contribution < -0.4 is 20.1 Å². The maximum atomic E-state index is 16.6. The Morgan fingerprint density at radius 2 is 2.02 bits per heavy atom. The van der Waals surface area contributed by atoms with Crippen molar-refractivity contribution in [3.05, 3.63) is 28.5 Å². The number of aliphatic hydroxyl groups is 1. The van der Waals surface area contributed by atoms with Gasteiger partial charge in [-0.3, -0.25) is 4.90 Å².